The maximum atomic E-state index is 13.1. The van der Waals surface area contributed by atoms with Crippen LogP contribution >= 0.6 is 0 Å². The molecule has 2 heterocycles. The molecule has 2 aliphatic heterocycles. The first-order valence-corrected chi connectivity index (χ1v) is 14.9. The van der Waals surface area contributed by atoms with E-state index in [1.165, 1.54) is 0 Å². The molecular weight excluding hydrogens is 568 g/mol. The van der Waals surface area contributed by atoms with Gasteiger partial charge in [0.1, 0.15) is 11.4 Å². The molecule has 3 N–H and O–H groups in total. The molecule has 2 aliphatic carbocycles. The Balaban J connectivity index is 1.14. The van der Waals surface area contributed by atoms with Crippen LogP contribution in [0.15, 0.2) is 54.3 Å². The van der Waals surface area contributed by atoms with E-state index in [9.17, 15) is 24.6 Å². The molecule has 0 radical (unpaired) electrons. The molecule has 1 spiro atoms. The van der Waals surface area contributed by atoms with Crippen molar-refractivity contribution in [1.82, 2.24) is 10.2 Å². The first-order valence-electron chi connectivity index (χ1n) is 14.9. The standard InChI is InChI=1S/C33H38N2O9/c1-31(2,3)44-30(39)43-26(19-8-6-5-7-9-19)29(38)34-16-13-24(37)41-22-12-14-33(40)23-18-20-10-11-21(36)27-25(20)32(33,28(22)42-27)15-17-35(23)4/h5-12,23,26,28,36,40H,13-18H2,1-4H3,(H,34,38). The highest BCUT2D eigenvalue weighted by atomic mass is 16.7. The number of carbonyl (C=O) groups is 3. The lowest BCUT2D eigenvalue weighted by molar-refractivity contribution is -0.169. The Morgan fingerprint density at radius 1 is 1.16 bits per heavy atom. The lowest BCUT2D eigenvalue weighted by Crippen LogP contribution is -2.74. The predicted octanol–water partition coefficient (Wildman–Crippen LogP) is 3.41. The lowest BCUT2D eigenvalue weighted by Gasteiger charge is -2.61. The summed E-state index contributed by atoms with van der Waals surface area (Å²) in [5.74, 6) is -0.614. The van der Waals surface area contributed by atoms with Crippen LogP contribution in [-0.2, 0) is 35.6 Å². The van der Waals surface area contributed by atoms with Crippen LogP contribution in [0.1, 0.15) is 62.8 Å². The number of aliphatic hydroxyl groups is 1. The molecule has 5 unspecified atom stereocenters. The number of carbonyl (C=O) groups excluding carboxylic acids is 3. The van der Waals surface area contributed by atoms with Gasteiger partial charge in [0, 0.05) is 30.1 Å². The number of benzene rings is 2. The number of nitrogens with one attached hydrogen (secondary N) is 1. The SMILES string of the molecule is CN1CCC23c4c5ccc(O)c4OC2C(OC(=O)CCNC(=O)C(OC(=O)OC(C)(C)C)c2ccccc2)=CCC3(O)C1C5. The molecule has 6 rings (SSSR count). The first kappa shape index (κ1) is 30.0. The molecule has 11 heteroatoms. The number of aromatic hydroxyl groups is 1. The minimum Gasteiger partial charge on any atom is -0.504 e. The minimum absolute atomic E-state index is 0.0118. The van der Waals surface area contributed by atoms with E-state index in [0.717, 1.165) is 11.1 Å². The highest BCUT2D eigenvalue weighted by Gasteiger charge is 2.72. The van der Waals surface area contributed by atoms with Gasteiger partial charge in [0.05, 0.1) is 17.4 Å². The summed E-state index contributed by atoms with van der Waals surface area (Å²) in [6.45, 7) is 5.70. The molecule has 234 valence electrons. The molecule has 11 nitrogen and oxygen atoms in total. The molecule has 2 aromatic carbocycles. The van der Waals surface area contributed by atoms with Gasteiger partial charge in [-0.2, -0.15) is 0 Å². The van der Waals surface area contributed by atoms with Crippen LogP contribution in [0.2, 0.25) is 0 Å². The number of nitrogens with zero attached hydrogens (tertiary/aromatic N) is 1. The zero-order chi connectivity index (χ0) is 31.4. The summed E-state index contributed by atoms with van der Waals surface area (Å²) < 4.78 is 22.7. The summed E-state index contributed by atoms with van der Waals surface area (Å²) in [6, 6.07) is 11.8. The van der Waals surface area contributed by atoms with Gasteiger partial charge in [-0.3, -0.25) is 9.59 Å². The van der Waals surface area contributed by atoms with Crippen molar-refractivity contribution in [2.24, 2.45) is 0 Å². The normalized spacial score (nSPS) is 27.2. The Labute approximate surface area is 255 Å². The number of likely N-dealkylation sites (tertiary alicyclic amines) is 1. The van der Waals surface area contributed by atoms with E-state index in [1.54, 1.807) is 63.2 Å². The molecule has 5 atom stereocenters. The van der Waals surface area contributed by atoms with Crippen LogP contribution in [0.5, 0.6) is 11.5 Å². The van der Waals surface area contributed by atoms with Crippen molar-refractivity contribution in [1.29, 1.82) is 0 Å². The van der Waals surface area contributed by atoms with Crippen LogP contribution in [0, 0.1) is 0 Å². The average Bonchev–Trinajstić information content (AvgIpc) is 3.32. The highest BCUT2D eigenvalue weighted by Crippen LogP contribution is 2.65. The van der Waals surface area contributed by atoms with Crippen LogP contribution < -0.4 is 10.1 Å². The first-order chi connectivity index (χ1) is 20.8. The Hall–Kier alpha value is -4.09. The number of likely N-dealkylation sites (N-methyl/N-ethyl adjacent to an activating group) is 1. The fourth-order valence-corrected chi connectivity index (χ4v) is 7.27. The monoisotopic (exact) mass is 606 g/mol. The minimum atomic E-state index is -1.28. The predicted molar refractivity (Wildman–Crippen MR) is 157 cm³/mol. The van der Waals surface area contributed by atoms with Gasteiger partial charge in [-0.1, -0.05) is 36.4 Å². The Bertz CT molecular complexity index is 1520. The van der Waals surface area contributed by atoms with Crippen LogP contribution in [-0.4, -0.2) is 76.6 Å². The quantitative estimate of drug-likeness (QED) is 0.401. The lowest BCUT2D eigenvalue weighted by atomic mass is 9.50. The van der Waals surface area contributed by atoms with Crippen molar-refractivity contribution >= 4 is 18.0 Å². The molecule has 44 heavy (non-hydrogen) atoms. The number of ether oxygens (including phenoxy) is 4. The highest BCUT2D eigenvalue weighted by molar-refractivity contribution is 5.84. The fourth-order valence-electron chi connectivity index (χ4n) is 7.27. The average molecular weight is 607 g/mol. The van der Waals surface area contributed by atoms with Gasteiger partial charge >= 0.3 is 12.1 Å². The van der Waals surface area contributed by atoms with E-state index < -0.39 is 46.9 Å². The number of amides is 1. The van der Waals surface area contributed by atoms with E-state index in [-0.39, 0.29) is 36.9 Å². The number of phenols is 1. The molecule has 0 aromatic heterocycles. The van der Waals surface area contributed by atoms with Gasteiger partial charge in [-0.15, -0.1) is 0 Å². The van der Waals surface area contributed by atoms with E-state index >= 15 is 0 Å². The maximum absolute atomic E-state index is 13.1. The van der Waals surface area contributed by atoms with Crippen LogP contribution in [0.25, 0.3) is 0 Å². The van der Waals surface area contributed by atoms with Crippen molar-refractivity contribution in [3.63, 3.8) is 0 Å². The number of piperidine rings is 1. The van der Waals surface area contributed by atoms with E-state index in [1.807, 2.05) is 13.1 Å². The Morgan fingerprint density at radius 2 is 1.91 bits per heavy atom. The van der Waals surface area contributed by atoms with Crippen molar-refractivity contribution in [3.05, 3.63) is 71.0 Å². The molecule has 2 bridgehead atoms. The number of esters is 1. The third-order valence-electron chi connectivity index (χ3n) is 9.16. The zero-order valence-electron chi connectivity index (χ0n) is 25.3. The largest absolute Gasteiger partial charge is 0.509 e. The van der Waals surface area contributed by atoms with Gasteiger partial charge in [0.25, 0.3) is 5.91 Å². The molecule has 1 saturated heterocycles. The molecule has 1 amide bonds. The van der Waals surface area contributed by atoms with Gasteiger partial charge in [0.15, 0.2) is 17.6 Å². The smallest absolute Gasteiger partial charge is 0.504 e. The summed E-state index contributed by atoms with van der Waals surface area (Å²) in [5.41, 5.74) is -0.577. The summed E-state index contributed by atoms with van der Waals surface area (Å²) in [7, 11) is 2.00. The van der Waals surface area contributed by atoms with Crippen molar-refractivity contribution in [2.75, 3.05) is 20.1 Å². The molecular formula is C33H38N2O9. The summed E-state index contributed by atoms with van der Waals surface area (Å²) >= 11 is 0. The zero-order valence-corrected chi connectivity index (χ0v) is 25.3. The van der Waals surface area contributed by atoms with Crippen LogP contribution in [0.4, 0.5) is 4.79 Å². The van der Waals surface area contributed by atoms with E-state index in [0.29, 0.717) is 30.7 Å². The second kappa shape index (κ2) is 10.8. The second-order valence-corrected chi connectivity index (χ2v) is 13.0. The summed E-state index contributed by atoms with van der Waals surface area (Å²) in [5, 5.41) is 25.6. The summed E-state index contributed by atoms with van der Waals surface area (Å²) in [6.07, 6.45) is -0.0773. The van der Waals surface area contributed by atoms with Gasteiger partial charge in [-0.05, 0) is 64.9 Å². The van der Waals surface area contributed by atoms with Crippen molar-refractivity contribution < 1.29 is 43.5 Å². The summed E-state index contributed by atoms with van der Waals surface area (Å²) in [4.78, 5) is 40.7. The number of phenolic OH excluding ortho intramolecular Hbond substituents is 1. The van der Waals surface area contributed by atoms with E-state index in [4.69, 9.17) is 18.9 Å². The van der Waals surface area contributed by atoms with Crippen molar-refractivity contribution in [3.8, 4) is 11.5 Å². The molecule has 2 aromatic rings. The molecule has 1 fully saturated rings. The number of hydrogen-bond donors (Lipinski definition) is 3. The maximum Gasteiger partial charge on any atom is 0.509 e. The number of rotatable bonds is 7. The molecule has 4 aliphatic rings. The fraction of sp³-hybridized carbons (Fsp3) is 0.485. The topological polar surface area (TPSA) is 144 Å². The third-order valence-corrected chi connectivity index (χ3v) is 9.16. The third kappa shape index (κ3) is 4.88. The Morgan fingerprint density at radius 3 is 2.64 bits per heavy atom. The van der Waals surface area contributed by atoms with Gasteiger partial charge < -0.3 is 39.4 Å². The van der Waals surface area contributed by atoms with Gasteiger partial charge in [0.2, 0.25) is 6.10 Å². The van der Waals surface area contributed by atoms with Gasteiger partial charge in [-0.25, -0.2) is 4.79 Å². The number of hydrogen-bond acceptors (Lipinski definition) is 10. The second-order valence-electron chi connectivity index (χ2n) is 13.0. The Kier molecular flexibility index (Phi) is 7.36. The van der Waals surface area contributed by atoms with Crippen molar-refractivity contribution in [2.45, 2.75) is 81.3 Å². The molecule has 0 saturated carbocycles. The van der Waals surface area contributed by atoms with Crippen LogP contribution in [0.3, 0.4) is 0 Å². The van der Waals surface area contributed by atoms with E-state index in [2.05, 4.69) is 10.2 Å².